The monoisotopic (exact) mass is 201 g/mol. The average molecular weight is 201 g/mol. The highest BCUT2D eigenvalue weighted by molar-refractivity contribution is 5.54. The van der Waals surface area contributed by atoms with Crippen LogP contribution in [0.5, 0.6) is 0 Å². The molecule has 2 aromatic rings. The minimum atomic E-state index is 0.155. The van der Waals surface area contributed by atoms with Crippen molar-refractivity contribution in [2.24, 2.45) is 0 Å². The van der Waals surface area contributed by atoms with Gasteiger partial charge in [-0.3, -0.25) is 0 Å². The van der Waals surface area contributed by atoms with Crippen molar-refractivity contribution >= 4 is 0 Å². The van der Waals surface area contributed by atoms with Crippen LogP contribution in [0.4, 0.5) is 0 Å². The lowest BCUT2D eigenvalue weighted by Crippen LogP contribution is -2.10. The third-order valence-corrected chi connectivity index (χ3v) is 2.41. The number of nitrogens with zero attached hydrogens (tertiary/aromatic N) is 1. The number of benzene rings is 1. The highest BCUT2D eigenvalue weighted by atomic mass is 16.3. The van der Waals surface area contributed by atoms with Crippen molar-refractivity contribution in [2.45, 2.75) is 26.2 Å². The Morgan fingerprint density at radius 2 is 2.00 bits per heavy atom. The summed E-state index contributed by atoms with van der Waals surface area (Å²) in [5, 5.41) is 0. The van der Waals surface area contributed by atoms with Gasteiger partial charge in [-0.1, -0.05) is 32.9 Å². The maximum Gasteiger partial charge on any atom is 0.225 e. The lowest BCUT2D eigenvalue weighted by molar-refractivity contribution is 0.572. The average Bonchev–Trinajstić information content (AvgIpc) is 2.69. The molecule has 0 radical (unpaired) electrons. The van der Waals surface area contributed by atoms with Gasteiger partial charge in [-0.25, -0.2) is 4.98 Å². The van der Waals surface area contributed by atoms with Crippen LogP contribution < -0.4 is 0 Å². The minimum absolute atomic E-state index is 0.155. The maximum absolute atomic E-state index is 5.28. The molecular formula is C13H15NO. The van der Waals surface area contributed by atoms with Crippen LogP contribution in [-0.4, -0.2) is 4.98 Å². The molecule has 0 fully saturated rings. The first-order valence-electron chi connectivity index (χ1n) is 5.08. The molecular weight excluding hydrogens is 186 g/mol. The molecule has 1 heterocycles. The van der Waals surface area contributed by atoms with E-state index in [0.717, 1.165) is 5.56 Å². The van der Waals surface area contributed by atoms with Crippen LogP contribution in [0.2, 0.25) is 0 Å². The fourth-order valence-corrected chi connectivity index (χ4v) is 1.48. The molecule has 2 nitrogen and oxygen atoms in total. The fraction of sp³-hybridized carbons (Fsp3) is 0.308. The van der Waals surface area contributed by atoms with E-state index in [-0.39, 0.29) is 5.41 Å². The van der Waals surface area contributed by atoms with E-state index < -0.39 is 0 Å². The molecule has 1 aromatic carbocycles. The highest BCUT2D eigenvalue weighted by Crippen LogP contribution is 2.26. The zero-order valence-corrected chi connectivity index (χ0v) is 9.32. The quantitative estimate of drug-likeness (QED) is 0.704. The molecule has 0 saturated carbocycles. The SMILES string of the molecule is CC(C)(C)c1cccc(-c2ncco2)c1. The van der Waals surface area contributed by atoms with Crippen molar-refractivity contribution in [3.63, 3.8) is 0 Å². The van der Waals surface area contributed by atoms with E-state index in [1.54, 1.807) is 12.5 Å². The van der Waals surface area contributed by atoms with E-state index in [2.05, 4.69) is 37.9 Å². The van der Waals surface area contributed by atoms with Crippen molar-refractivity contribution < 1.29 is 4.42 Å². The largest absolute Gasteiger partial charge is 0.445 e. The molecule has 0 saturated heterocycles. The summed E-state index contributed by atoms with van der Waals surface area (Å²) in [5.41, 5.74) is 2.48. The second kappa shape index (κ2) is 3.54. The van der Waals surface area contributed by atoms with Gasteiger partial charge in [-0.15, -0.1) is 0 Å². The molecule has 0 aliphatic carbocycles. The van der Waals surface area contributed by atoms with Crippen LogP contribution in [0.1, 0.15) is 26.3 Å². The predicted molar refractivity (Wildman–Crippen MR) is 60.6 cm³/mol. The Morgan fingerprint density at radius 3 is 2.60 bits per heavy atom. The summed E-state index contributed by atoms with van der Waals surface area (Å²) >= 11 is 0. The summed E-state index contributed by atoms with van der Waals surface area (Å²) in [4.78, 5) is 4.14. The van der Waals surface area contributed by atoms with Gasteiger partial charge in [0.2, 0.25) is 5.89 Å². The molecule has 0 aliphatic rings. The molecule has 0 N–H and O–H groups in total. The predicted octanol–water partition coefficient (Wildman–Crippen LogP) is 3.64. The van der Waals surface area contributed by atoms with Crippen molar-refractivity contribution in [1.82, 2.24) is 4.98 Å². The first kappa shape index (κ1) is 9.97. The number of rotatable bonds is 1. The lowest BCUT2D eigenvalue weighted by atomic mass is 9.86. The Hall–Kier alpha value is -1.57. The van der Waals surface area contributed by atoms with Crippen molar-refractivity contribution in [1.29, 1.82) is 0 Å². The molecule has 0 atom stereocenters. The van der Waals surface area contributed by atoms with Crippen LogP contribution in [0.25, 0.3) is 11.5 Å². The summed E-state index contributed by atoms with van der Waals surface area (Å²) in [6.45, 7) is 6.59. The van der Waals surface area contributed by atoms with Crippen molar-refractivity contribution in [2.75, 3.05) is 0 Å². The number of aromatic nitrogens is 1. The van der Waals surface area contributed by atoms with Crippen LogP contribution in [0.3, 0.4) is 0 Å². The third kappa shape index (κ3) is 2.09. The summed E-state index contributed by atoms with van der Waals surface area (Å²) in [5.74, 6) is 0.682. The summed E-state index contributed by atoms with van der Waals surface area (Å²) in [6.07, 6.45) is 3.26. The van der Waals surface area contributed by atoms with E-state index in [0.29, 0.717) is 5.89 Å². The first-order valence-corrected chi connectivity index (χ1v) is 5.08. The minimum Gasteiger partial charge on any atom is -0.445 e. The summed E-state index contributed by atoms with van der Waals surface area (Å²) in [7, 11) is 0. The molecule has 0 unspecified atom stereocenters. The molecule has 2 rings (SSSR count). The van der Waals surface area contributed by atoms with Crippen LogP contribution >= 0.6 is 0 Å². The Kier molecular flexibility index (Phi) is 2.35. The number of oxazole rings is 1. The van der Waals surface area contributed by atoms with Crippen molar-refractivity contribution in [3.8, 4) is 11.5 Å². The summed E-state index contributed by atoms with van der Waals surface area (Å²) in [6, 6.07) is 8.32. The van der Waals surface area contributed by atoms with Crippen LogP contribution in [0.15, 0.2) is 41.1 Å². The van der Waals surface area contributed by atoms with Gasteiger partial charge < -0.3 is 4.42 Å². The van der Waals surface area contributed by atoms with Gasteiger partial charge in [0.1, 0.15) is 6.26 Å². The van der Waals surface area contributed by atoms with Gasteiger partial charge in [0.05, 0.1) is 6.20 Å². The van der Waals surface area contributed by atoms with E-state index in [4.69, 9.17) is 4.42 Å². The fourth-order valence-electron chi connectivity index (χ4n) is 1.48. The van der Waals surface area contributed by atoms with Crippen molar-refractivity contribution in [3.05, 3.63) is 42.3 Å². The van der Waals surface area contributed by atoms with E-state index in [1.807, 2.05) is 12.1 Å². The standard InChI is InChI=1S/C13H15NO/c1-13(2,3)11-6-4-5-10(9-11)12-14-7-8-15-12/h4-9H,1-3H3. The van der Waals surface area contributed by atoms with Gasteiger partial charge in [0.15, 0.2) is 0 Å². The second-order valence-electron chi connectivity index (χ2n) is 4.67. The van der Waals surface area contributed by atoms with Gasteiger partial charge in [0, 0.05) is 5.56 Å². The third-order valence-electron chi connectivity index (χ3n) is 2.41. The molecule has 2 heteroatoms. The molecule has 0 amide bonds. The Morgan fingerprint density at radius 1 is 1.20 bits per heavy atom. The zero-order chi connectivity index (χ0) is 10.9. The molecule has 0 bridgehead atoms. The Bertz CT molecular complexity index is 438. The zero-order valence-electron chi connectivity index (χ0n) is 9.32. The number of hydrogen-bond acceptors (Lipinski definition) is 2. The van der Waals surface area contributed by atoms with Crippen LogP contribution in [0, 0.1) is 0 Å². The topological polar surface area (TPSA) is 26.0 Å². The highest BCUT2D eigenvalue weighted by Gasteiger charge is 2.14. The molecule has 15 heavy (non-hydrogen) atoms. The van der Waals surface area contributed by atoms with E-state index in [1.165, 1.54) is 5.56 Å². The van der Waals surface area contributed by atoms with Gasteiger partial charge in [-0.2, -0.15) is 0 Å². The summed E-state index contributed by atoms with van der Waals surface area (Å²) < 4.78 is 5.28. The molecule has 78 valence electrons. The van der Waals surface area contributed by atoms with Crippen LogP contribution in [-0.2, 0) is 5.41 Å². The smallest absolute Gasteiger partial charge is 0.225 e. The second-order valence-corrected chi connectivity index (χ2v) is 4.67. The molecule has 0 spiro atoms. The molecule has 1 aromatic heterocycles. The maximum atomic E-state index is 5.28. The lowest BCUT2D eigenvalue weighted by Gasteiger charge is -2.19. The Balaban J connectivity index is 2.44. The molecule has 0 aliphatic heterocycles. The van der Waals surface area contributed by atoms with E-state index >= 15 is 0 Å². The van der Waals surface area contributed by atoms with Gasteiger partial charge in [-0.05, 0) is 23.1 Å². The van der Waals surface area contributed by atoms with E-state index in [9.17, 15) is 0 Å². The Labute approximate surface area is 90.0 Å². The van der Waals surface area contributed by atoms with Gasteiger partial charge >= 0.3 is 0 Å². The normalized spacial score (nSPS) is 11.7. The number of hydrogen-bond donors (Lipinski definition) is 0. The first-order chi connectivity index (χ1) is 7.07. The van der Waals surface area contributed by atoms with Gasteiger partial charge in [0.25, 0.3) is 0 Å².